The molecule has 0 spiro atoms. The number of imidazole rings is 1. The van der Waals surface area contributed by atoms with Crippen molar-refractivity contribution in [3.63, 3.8) is 0 Å². The quantitative estimate of drug-likeness (QED) is 0.859. The number of aromatic nitrogens is 3. The van der Waals surface area contributed by atoms with Crippen LogP contribution in [0.5, 0.6) is 0 Å². The van der Waals surface area contributed by atoms with Gasteiger partial charge in [-0.1, -0.05) is 6.92 Å². The zero-order valence-corrected chi connectivity index (χ0v) is 9.50. The average Bonchev–Trinajstić information content (AvgIpc) is 2.78. The molecule has 0 bridgehead atoms. The molecule has 0 unspecified atom stereocenters. The minimum atomic E-state index is 0.627. The summed E-state index contributed by atoms with van der Waals surface area (Å²) in [5.74, 6) is 1.13. The van der Waals surface area contributed by atoms with E-state index in [4.69, 9.17) is 5.73 Å². The summed E-state index contributed by atoms with van der Waals surface area (Å²) in [4.78, 5) is 9.53. The molecule has 0 amide bonds. The summed E-state index contributed by atoms with van der Waals surface area (Å²) in [5.41, 5.74) is 5.59. The number of thiazole rings is 1. The lowest BCUT2D eigenvalue weighted by Gasteiger charge is -2.04. The van der Waals surface area contributed by atoms with Crippen molar-refractivity contribution in [1.29, 1.82) is 0 Å². The van der Waals surface area contributed by atoms with Gasteiger partial charge >= 0.3 is 0 Å². The first-order valence-corrected chi connectivity index (χ1v) is 5.81. The van der Waals surface area contributed by atoms with Crippen molar-refractivity contribution in [3.8, 4) is 0 Å². The molecule has 0 aliphatic rings. The Kier molecular flexibility index (Phi) is 3.01. The first-order valence-electron chi connectivity index (χ1n) is 4.99. The van der Waals surface area contributed by atoms with Gasteiger partial charge in [0, 0.05) is 29.9 Å². The fourth-order valence-electron chi connectivity index (χ4n) is 1.50. The predicted octanol–water partition coefficient (Wildman–Crippen LogP) is 1.92. The van der Waals surface area contributed by atoms with E-state index in [9.17, 15) is 0 Å². The van der Waals surface area contributed by atoms with Crippen LogP contribution in [0.4, 0.5) is 5.13 Å². The van der Waals surface area contributed by atoms with E-state index >= 15 is 0 Å². The number of nitrogens with two attached hydrogens (primary N) is 1. The van der Waals surface area contributed by atoms with Gasteiger partial charge in [-0.05, 0) is 6.42 Å². The Balaban J connectivity index is 2.13. The van der Waals surface area contributed by atoms with Crippen LogP contribution in [0.25, 0.3) is 0 Å². The van der Waals surface area contributed by atoms with Crippen molar-refractivity contribution in [2.75, 3.05) is 5.73 Å². The monoisotopic (exact) mass is 222 g/mol. The number of hydrogen-bond acceptors (Lipinski definition) is 4. The van der Waals surface area contributed by atoms with Crippen LogP contribution in [0, 0.1) is 0 Å². The van der Waals surface area contributed by atoms with Gasteiger partial charge in [-0.3, -0.25) is 0 Å². The Hall–Kier alpha value is -1.36. The summed E-state index contributed by atoms with van der Waals surface area (Å²) in [5, 5.41) is 0.627. The van der Waals surface area contributed by atoms with Gasteiger partial charge in [-0.15, -0.1) is 11.3 Å². The van der Waals surface area contributed by atoms with E-state index in [1.807, 2.05) is 18.6 Å². The van der Waals surface area contributed by atoms with Gasteiger partial charge in [0.1, 0.15) is 5.82 Å². The highest BCUT2D eigenvalue weighted by atomic mass is 32.1. The third-order valence-electron chi connectivity index (χ3n) is 2.17. The number of nitrogens with zero attached hydrogens (tertiary/aromatic N) is 3. The van der Waals surface area contributed by atoms with Crippen LogP contribution in [0.15, 0.2) is 18.6 Å². The zero-order chi connectivity index (χ0) is 10.7. The topological polar surface area (TPSA) is 56.7 Å². The molecular formula is C10H14N4S. The molecule has 0 fully saturated rings. The molecular weight excluding hydrogens is 208 g/mol. The summed E-state index contributed by atoms with van der Waals surface area (Å²) in [6.07, 6.45) is 7.80. The number of rotatable bonds is 4. The molecule has 0 aliphatic heterocycles. The average molecular weight is 222 g/mol. The van der Waals surface area contributed by atoms with Crippen LogP contribution in [-0.4, -0.2) is 14.5 Å². The SMILES string of the molecule is CCCc1nccn1Cc1cnc(N)s1. The lowest BCUT2D eigenvalue weighted by atomic mass is 10.3. The Labute approximate surface area is 92.8 Å². The van der Waals surface area contributed by atoms with Gasteiger partial charge in [0.05, 0.1) is 6.54 Å². The second kappa shape index (κ2) is 4.44. The number of hydrogen-bond donors (Lipinski definition) is 1. The van der Waals surface area contributed by atoms with Gasteiger partial charge in [0.25, 0.3) is 0 Å². The van der Waals surface area contributed by atoms with Crippen molar-refractivity contribution in [2.45, 2.75) is 26.3 Å². The van der Waals surface area contributed by atoms with Crippen molar-refractivity contribution in [1.82, 2.24) is 14.5 Å². The third-order valence-corrected chi connectivity index (χ3v) is 2.98. The summed E-state index contributed by atoms with van der Waals surface area (Å²) < 4.78 is 2.15. The molecule has 0 aliphatic carbocycles. The standard InChI is InChI=1S/C10H14N4S/c1-2-3-9-12-4-5-14(9)7-8-6-13-10(11)15-8/h4-6H,2-3,7H2,1H3,(H2,11,13). The number of anilines is 1. The second-order valence-electron chi connectivity index (χ2n) is 3.39. The first-order chi connectivity index (χ1) is 7.29. The van der Waals surface area contributed by atoms with Crippen LogP contribution in [0.1, 0.15) is 24.0 Å². The fourth-order valence-corrected chi connectivity index (χ4v) is 2.18. The Morgan fingerprint density at radius 2 is 2.33 bits per heavy atom. The number of aryl methyl sites for hydroxylation is 1. The van der Waals surface area contributed by atoms with E-state index in [1.54, 1.807) is 0 Å². The van der Waals surface area contributed by atoms with Gasteiger partial charge in [0.15, 0.2) is 5.13 Å². The largest absolute Gasteiger partial charge is 0.375 e. The highest BCUT2D eigenvalue weighted by Crippen LogP contribution is 2.16. The molecule has 0 atom stereocenters. The maximum absolute atomic E-state index is 5.59. The third kappa shape index (κ3) is 2.36. The molecule has 5 heteroatoms. The summed E-state index contributed by atoms with van der Waals surface area (Å²) >= 11 is 1.53. The van der Waals surface area contributed by atoms with Crippen LogP contribution < -0.4 is 5.73 Å². The minimum absolute atomic E-state index is 0.627. The molecule has 15 heavy (non-hydrogen) atoms. The van der Waals surface area contributed by atoms with Crippen molar-refractivity contribution in [3.05, 3.63) is 29.3 Å². The van der Waals surface area contributed by atoms with E-state index < -0.39 is 0 Å². The van der Waals surface area contributed by atoms with E-state index in [0.717, 1.165) is 25.2 Å². The fraction of sp³-hybridized carbons (Fsp3) is 0.400. The predicted molar refractivity (Wildman–Crippen MR) is 61.9 cm³/mol. The second-order valence-corrected chi connectivity index (χ2v) is 4.53. The molecule has 0 radical (unpaired) electrons. The van der Waals surface area contributed by atoms with Gasteiger partial charge in [0.2, 0.25) is 0 Å². The summed E-state index contributed by atoms with van der Waals surface area (Å²) in [6.45, 7) is 2.98. The van der Waals surface area contributed by atoms with Gasteiger partial charge < -0.3 is 10.3 Å². The summed E-state index contributed by atoms with van der Waals surface area (Å²) in [7, 11) is 0. The summed E-state index contributed by atoms with van der Waals surface area (Å²) in [6, 6.07) is 0. The maximum Gasteiger partial charge on any atom is 0.180 e. The molecule has 2 aromatic heterocycles. The normalized spacial score (nSPS) is 10.7. The van der Waals surface area contributed by atoms with Crippen molar-refractivity contribution in [2.24, 2.45) is 0 Å². The zero-order valence-electron chi connectivity index (χ0n) is 8.68. The van der Waals surface area contributed by atoms with Crippen LogP contribution in [-0.2, 0) is 13.0 Å². The Morgan fingerprint density at radius 1 is 1.47 bits per heavy atom. The molecule has 80 valence electrons. The van der Waals surface area contributed by atoms with Crippen molar-refractivity contribution >= 4 is 16.5 Å². The Morgan fingerprint density at radius 3 is 3.00 bits per heavy atom. The molecule has 0 saturated carbocycles. The first kappa shape index (κ1) is 10.2. The molecule has 2 aromatic rings. The lowest BCUT2D eigenvalue weighted by Crippen LogP contribution is -2.02. The van der Waals surface area contributed by atoms with Gasteiger partial charge in [-0.25, -0.2) is 9.97 Å². The maximum atomic E-state index is 5.59. The Bertz CT molecular complexity index is 432. The van der Waals surface area contributed by atoms with Gasteiger partial charge in [-0.2, -0.15) is 0 Å². The van der Waals surface area contributed by atoms with Crippen LogP contribution in [0.2, 0.25) is 0 Å². The molecule has 2 rings (SSSR count). The lowest BCUT2D eigenvalue weighted by molar-refractivity contribution is 0.710. The smallest absolute Gasteiger partial charge is 0.180 e. The van der Waals surface area contributed by atoms with Crippen molar-refractivity contribution < 1.29 is 0 Å². The molecule has 2 heterocycles. The highest BCUT2D eigenvalue weighted by molar-refractivity contribution is 7.15. The van der Waals surface area contributed by atoms with E-state index in [2.05, 4.69) is 21.5 Å². The van der Waals surface area contributed by atoms with E-state index in [1.165, 1.54) is 16.2 Å². The highest BCUT2D eigenvalue weighted by Gasteiger charge is 2.04. The van der Waals surface area contributed by atoms with E-state index in [-0.39, 0.29) is 0 Å². The number of nitrogen functional groups attached to an aromatic ring is 1. The van der Waals surface area contributed by atoms with Crippen LogP contribution >= 0.6 is 11.3 Å². The molecule has 2 N–H and O–H groups in total. The molecule has 0 aromatic carbocycles. The minimum Gasteiger partial charge on any atom is -0.375 e. The van der Waals surface area contributed by atoms with Crippen LogP contribution in [0.3, 0.4) is 0 Å². The van der Waals surface area contributed by atoms with E-state index in [0.29, 0.717) is 5.13 Å². The molecule has 4 nitrogen and oxygen atoms in total. The molecule has 0 saturated heterocycles.